The number of hydrogen-bond donors (Lipinski definition) is 2. The van der Waals surface area contributed by atoms with Crippen LogP contribution in [0.4, 0.5) is 19.0 Å². The number of halogens is 3. The molecule has 0 saturated heterocycles. The number of aromatic nitrogens is 4. The van der Waals surface area contributed by atoms with Crippen LogP contribution in [-0.2, 0) is 23.9 Å². The molecule has 1 aliphatic rings. The number of carbonyl (C=O) groups is 1. The van der Waals surface area contributed by atoms with Crippen molar-refractivity contribution in [2.24, 2.45) is 0 Å². The minimum Gasteiger partial charge on any atom is -0.375 e. The lowest BCUT2D eigenvalue weighted by Gasteiger charge is -2.15. The molecule has 0 fully saturated rings. The molecule has 1 amide bonds. The Hall–Kier alpha value is -3.01. The second kappa shape index (κ2) is 6.06. The average Bonchev–Trinajstić information content (AvgIpc) is 3.02. The van der Waals surface area contributed by atoms with Crippen LogP contribution in [0.25, 0.3) is 11.0 Å². The summed E-state index contributed by atoms with van der Waals surface area (Å²) in [6, 6.07) is 3.79. The Morgan fingerprint density at radius 1 is 1.31 bits per heavy atom. The van der Waals surface area contributed by atoms with Gasteiger partial charge >= 0.3 is 6.18 Å². The first-order valence-electron chi connectivity index (χ1n) is 7.71. The maximum Gasteiger partial charge on any atom is 0.433 e. The monoisotopic (exact) mass is 363 g/mol. The number of amides is 1. The summed E-state index contributed by atoms with van der Waals surface area (Å²) in [5, 5.41) is 9.10. The molecule has 4 heterocycles. The molecule has 7 nitrogen and oxygen atoms in total. The number of aromatic amines is 1. The van der Waals surface area contributed by atoms with Crippen molar-refractivity contribution < 1.29 is 22.7 Å². The van der Waals surface area contributed by atoms with Crippen LogP contribution in [0.3, 0.4) is 0 Å². The van der Waals surface area contributed by atoms with Crippen LogP contribution in [0, 0.1) is 0 Å². The third kappa shape index (κ3) is 2.99. The van der Waals surface area contributed by atoms with Gasteiger partial charge in [0.15, 0.2) is 11.5 Å². The highest BCUT2D eigenvalue weighted by Crippen LogP contribution is 2.30. The first kappa shape index (κ1) is 16.5. The van der Waals surface area contributed by atoms with Crippen LogP contribution >= 0.6 is 0 Å². The van der Waals surface area contributed by atoms with E-state index in [9.17, 15) is 18.0 Å². The molecule has 0 atom stereocenters. The van der Waals surface area contributed by atoms with Crippen molar-refractivity contribution in [2.45, 2.75) is 19.2 Å². The maximum absolute atomic E-state index is 12.7. The smallest absolute Gasteiger partial charge is 0.375 e. The fraction of sp³-hybridized carbons (Fsp3) is 0.250. The standard InChI is InChI=1S/C16H12F3N5O2/c17-16(18,19)12-2-1-10-13(21-12)23-24-14(10)22-15(25)9-5-8-3-4-26-7-11(8)20-6-9/h1-2,5-6H,3-4,7H2,(H2,21,22,23,24,25). The Morgan fingerprint density at radius 2 is 2.15 bits per heavy atom. The van der Waals surface area contributed by atoms with E-state index in [0.29, 0.717) is 25.2 Å². The predicted molar refractivity (Wildman–Crippen MR) is 84.4 cm³/mol. The lowest BCUT2D eigenvalue weighted by Crippen LogP contribution is -2.17. The molecule has 0 radical (unpaired) electrons. The summed E-state index contributed by atoms with van der Waals surface area (Å²) in [5.74, 6) is -0.354. The van der Waals surface area contributed by atoms with Gasteiger partial charge in [0, 0.05) is 6.20 Å². The minimum absolute atomic E-state index is 0.0594. The molecule has 10 heteroatoms. The number of nitrogens with zero attached hydrogens (tertiary/aromatic N) is 3. The third-order valence-corrected chi connectivity index (χ3v) is 4.02. The van der Waals surface area contributed by atoms with Crippen molar-refractivity contribution >= 4 is 22.8 Å². The molecule has 4 rings (SSSR count). The Balaban J connectivity index is 1.60. The fourth-order valence-corrected chi connectivity index (χ4v) is 2.70. The number of alkyl halides is 3. The van der Waals surface area contributed by atoms with Gasteiger partial charge in [0.25, 0.3) is 5.91 Å². The third-order valence-electron chi connectivity index (χ3n) is 4.02. The van der Waals surface area contributed by atoms with Crippen LogP contribution in [-0.4, -0.2) is 32.7 Å². The minimum atomic E-state index is -4.55. The number of nitrogens with one attached hydrogen (secondary N) is 2. The van der Waals surface area contributed by atoms with Crippen LogP contribution in [0.2, 0.25) is 0 Å². The van der Waals surface area contributed by atoms with E-state index in [-0.39, 0.29) is 16.9 Å². The molecular weight excluding hydrogens is 351 g/mol. The molecule has 2 N–H and O–H groups in total. The fourth-order valence-electron chi connectivity index (χ4n) is 2.70. The molecule has 0 aliphatic carbocycles. The summed E-state index contributed by atoms with van der Waals surface area (Å²) in [6.45, 7) is 0.978. The molecular formula is C16H12F3N5O2. The van der Waals surface area contributed by atoms with Crippen LogP contribution in [0.5, 0.6) is 0 Å². The highest BCUT2D eigenvalue weighted by Gasteiger charge is 2.33. The zero-order valence-corrected chi connectivity index (χ0v) is 13.2. The second-order valence-electron chi connectivity index (χ2n) is 5.75. The SMILES string of the molecule is O=C(Nc1n[nH]c2nc(C(F)(F)F)ccc12)c1cnc2c(c1)CCOC2. The van der Waals surface area contributed by atoms with Gasteiger partial charge in [0.2, 0.25) is 0 Å². The van der Waals surface area contributed by atoms with Gasteiger partial charge < -0.3 is 10.1 Å². The predicted octanol–water partition coefficient (Wildman–Crippen LogP) is 2.70. The zero-order chi connectivity index (χ0) is 18.3. The van der Waals surface area contributed by atoms with Gasteiger partial charge in [0.05, 0.1) is 29.9 Å². The number of H-pyrrole nitrogens is 1. The summed E-state index contributed by atoms with van der Waals surface area (Å²) in [5.41, 5.74) is 0.972. The van der Waals surface area contributed by atoms with E-state index in [2.05, 4.69) is 25.5 Å². The van der Waals surface area contributed by atoms with E-state index in [1.54, 1.807) is 6.07 Å². The maximum atomic E-state index is 12.7. The second-order valence-corrected chi connectivity index (χ2v) is 5.75. The Kier molecular flexibility index (Phi) is 3.83. The van der Waals surface area contributed by atoms with E-state index in [4.69, 9.17) is 4.74 Å². The number of anilines is 1. The van der Waals surface area contributed by atoms with Gasteiger partial charge in [-0.2, -0.15) is 18.3 Å². The van der Waals surface area contributed by atoms with Crippen LogP contribution < -0.4 is 5.32 Å². The summed E-state index contributed by atoms with van der Waals surface area (Å²) in [6.07, 6.45) is -2.46. The molecule has 134 valence electrons. The van der Waals surface area contributed by atoms with Gasteiger partial charge in [-0.25, -0.2) is 4.98 Å². The molecule has 0 aromatic carbocycles. The molecule has 1 aliphatic heterocycles. The van der Waals surface area contributed by atoms with Gasteiger partial charge in [-0.3, -0.25) is 14.9 Å². The summed E-state index contributed by atoms with van der Waals surface area (Å²) >= 11 is 0. The van der Waals surface area contributed by atoms with Crippen molar-refractivity contribution in [2.75, 3.05) is 11.9 Å². The molecule has 3 aromatic rings. The van der Waals surface area contributed by atoms with E-state index in [0.717, 1.165) is 17.3 Å². The normalized spacial score (nSPS) is 14.3. The van der Waals surface area contributed by atoms with Gasteiger partial charge in [-0.15, -0.1) is 0 Å². The van der Waals surface area contributed by atoms with Crippen molar-refractivity contribution in [3.63, 3.8) is 0 Å². The highest BCUT2D eigenvalue weighted by molar-refractivity contribution is 6.07. The number of pyridine rings is 2. The topological polar surface area (TPSA) is 92.8 Å². The summed E-state index contributed by atoms with van der Waals surface area (Å²) in [4.78, 5) is 20.1. The first-order valence-corrected chi connectivity index (χ1v) is 7.71. The van der Waals surface area contributed by atoms with E-state index in [1.807, 2.05) is 0 Å². The molecule has 26 heavy (non-hydrogen) atoms. The molecule has 0 saturated carbocycles. The Labute approximate surface area is 144 Å². The number of rotatable bonds is 2. The number of fused-ring (bicyclic) bond motifs is 2. The lowest BCUT2D eigenvalue weighted by molar-refractivity contribution is -0.141. The van der Waals surface area contributed by atoms with Gasteiger partial charge in [-0.1, -0.05) is 0 Å². The van der Waals surface area contributed by atoms with Crippen molar-refractivity contribution in [3.8, 4) is 0 Å². The Morgan fingerprint density at radius 3 is 2.96 bits per heavy atom. The van der Waals surface area contributed by atoms with Gasteiger partial charge in [-0.05, 0) is 30.2 Å². The van der Waals surface area contributed by atoms with Crippen molar-refractivity contribution in [1.29, 1.82) is 0 Å². The quantitative estimate of drug-likeness (QED) is 0.730. The highest BCUT2D eigenvalue weighted by atomic mass is 19.4. The largest absolute Gasteiger partial charge is 0.433 e. The van der Waals surface area contributed by atoms with E-state index >= 15 is 0 Å². The molecule has 3 aromatic heterocycles. The molecule has 0 bridgehead atoms. The average molecular weight is 363 g/mol. The van der Waals surface area contributed by atoms with E-state index in [1.165, 1.54) is 12.3 Å². The van der Waals surface area contributed by atoms with Crippen LogP contribution in [0.15, 0.2) is 24.4 Å². The molecule has 0 spiro atoms. The Bertz CT molecular complexity index is 999. The van der Waals surface area contributed by atoms with E-state index < -0.39 is 17.8 Å². The first-order chi connectivity index (χ1) is 12.4. The number of hydrogen-bond acceptors (Lipinski definition) is 5. The van der Waals surface area contributed by atoms with Crippen molar-refractivity contribution in [1.82, 2.24) is 20.2 Å². The summed E-state index contributed by atoms with van der Waals surface area (Å²) in [7, 11) is 0. The summed E-state index contributed by atoms with van der Waals surface area (Å²) < 4.78 is 43.4. The van der Waals surface area contributed by atoms with Crippen LogP contribution in [0.1, 0.15) is 27.3 Å². The zero-order valence-electron chi connectivity index (χ0n) is 13.2. The lowest BCUT2D eigenvalue weighted by atomic mass is 10.1. The van der Waals surface area contributed by atoms with Gasteiger partial charge in [0.1, 0.15) is 5.69 Å². The van der Waals surface area contributed by atoms with Crippen molar-refractivity contribution in [3.05, 3.63) is 46.9 Å². The molecule has 0 unspecified atom stereocenters. The number of ether oxygens (including phenoxy) is 1. The number of carbonyl (C=O) groups excluding carboxylic acids is 1.